The zero-order valence-electron chi connectivity index (χ0n) is 10.6. The van der Waals surface area contributed by atoms with Gasteiger partial charge in [0.25, 0.3) is 0 Å². The lowest BCUT2D eigenvalue weighted by atomic mass is 9.64. The molecule has 15 heavy (non-hydrogen) atoms. The second-order valence-electron chi connectivity index (χ2n) is 5.13. The second kappa shape index (κ2) is 5.38. The maximum Gasteiger partial charge on any atom is 0.190 e. The van der Waals surface area contributed by atoms with Gasteiger partial charge in [0, 0.05) is 20.6 Å². The van der Waals surface area contributed by atoms with Gasteiger partial charge in [-0.3, -0.25) is 4.99 Å². The van der Waals surface area contributed by atoms with Crippen LogP contribution in [0.2, 0.25) is 0 Å². The van der Waals surface area contributed by atoms with Gasteiger partial charge in [0.05, 0.1) is 0 Å². The van der Waals surface area contributed by atoms with Gasteiger partial charge in [-0.1, -0.05) is 20.3 Å². The van der Waals surface area contributed by atoms with Gasteiger partial charge >= 0.3 is 0 Å². The lowest BCUT2D eigenvalue weighted by Crippen LogP contribution is -2.46. The normalized spacial score (nSPS) is 19.9. The number of hydrogen-bond acceptors (Lipinski definition) is 1. The molecule has 3 nitrogen and oxygen atoms in total. The fourth-order valence-corrected chi connectivity index (χ4v) is 2.55. The van der Waals surface area contributed by atoms with Crippen LogP contribution < -0.4 is 10.6 Å². The molecule has 0 saturated heterocycles. The fourth-order valence-electron chi connectivity index (χ4n) is 2.55. The minimum atomic E-state index is 0.543. The van der Waals surface area contributed by atoms with Crippen molar-refractivity contribution in [3.05, 3.63) is 0 Å². The molecule has 1 saturated carbocycles. The summed E-state index contributed by atoms with van der Waals surface area (Å²) in [5.41, 5.74) is 0.543. The van der Waals surface area contributed by atoms with Gasteiger partial charge in [-0.2, -0.15) is 0 Å². The van der Waals surface area contributed by atoms with Gasteiger partial charge in [0.15, 0.2) is 5.96 Å². The molecule has 0 heterocycles. The molecular formula is C12H25N3. The summed E-state index contributed by atoms with van der Waals surface area (Å²) in [6.45, 7) is 5.69. The van der Waals surface area contributed by atoms with Gasteiger partial charge < -0.3 is 10.6 Å². The Hall–Kier alpha value is -0.730. The molecule has 3 heteroatoms. The molecule has 0 spiro atoms. The first-order chi connectivity index (χ1) is 7.12. The highest BCUT2D eigenvalue weighted by atomic mass is 15.2. The maximum absolute atomic E-state index is 4.14. The number of hydrogen-bond donors (Lipinski definition) is 2. The Morgan fingerprint density at radius 2 is 2.07 bits per heavy atom. The molecule has 1 rings (SSSR count). The lowest BCUT2D eigenvalue weighted by molar-refractivity contribution is 0.105. The van der Waals surface area contributed by atoms with Crippen LogP contribution in [0.5, 0.6) is 0 Å². The Morgan fingerprint density at radius 3 is 2.40 bits per heavy atom. The van der Waals surface area contributed by atoms with Crippen LogP contribution >= 0.6 is 0 Å². The Morgan fingerprint density at radius 1 is 1.40 bits per heavy atom. The van der Waals surface area contributed by atoms with Crippen LogP contribution in [0.4, 0.5) is 0 Å². The molecule has 0 unspecified atom stereocenters. The van der Waals surface area contributed by atoms with Crippen molar-refractivity contribution >= 4 is 5.96 Å². The monoisotopic (exact) mass is 211 g/mol. The summed E-state index contributed by atoms with van der Waals surface area (Å²) in [5.74, 6) is 1.70. The van der Waals surface area contributed by atoms with E-state index in [0.29, 0.717) is 5.41 Å². The molecule has 2 N–H and O–H groups in total. The van der Waals surface area contributed by atoms with E-state index < -0.39 is 0 Å². The minimum Gasteiger partial charge on any atom is -0.359 e. The highest BCUT2D eigenvalue weighted by molar-refractivity contribution is 5.79. The van der Waals surface area contributed by atoms with Crippen LogP contribution in [-0.4, -0.2) is 26.6 Å². The molecule has 0 amide bonds. The maximum atomic E-state index is 4.14. The van der Waals surface area contributed by atoms with Crippen LogP contribution in [0, 0.1) is 11.3 Å². The van der Waals surface area contributed by atoms with Gasteiger partial charge in [0.1, 0.15) is 0 Å². The van der Waals surface area contributed by atoms with Crippen molar-refractivity contribution in [2.75, 3.05) is 20.6 Å². The largest absolute Gasteiger partial charge is 0.359 e. The third-order valence-corrected chi connectivity index (χ3v) is 3.35. The smallest absolute Gasteiger partial charge is 0.190 e. The van der Waals surface area contributed by atoms with Crippen LogP contribution in [0.25, 0.3) is 0 Å². The first-order valence-corrected chi connectivity index (χ1v) is 6.00. The Balaban J connectivity index is 2.40. The van der Waals surface area contributed by atoms with Crippen molar-refractivity contribution in [3.63, 3.8) is 0 Å². The summed E-state index contributed by atoms with van der Waals surface area (Å²) in [5, 5.41) is 6.47. The number of aliphatic imine (C=N–C) groups is 1. The van der Waals surface area contributed by atoms with Crippen molar-refractivity contribution in [3.8, 4) is 0 Å². The number of guanidine groups is 1. The second-order valence-corrected chi connectivity index (χ2v) is 5.13. The molecule has 0 aliphatic heterocycles. The predicted molar refractivity (Wildman–Crippen MR) is 66.2 cm³/mol. The van der Waals surface area contributed by atoms with E-state index in [1.54, 1.807) is 0 Å². The standard InChI is InChI=1S/C12H25N3/c1-10(2)8-12(6-5-7-12)9-15-11(13-3)14-4/h10H,5-9H2,1-4H3,(H2,13,14,15). The third-order valence-electron chi connectivity index (χ3n) is 3.35. The SMILES string of the molecule is CN=C(NC)NCC1(CC(C)C)CCC1. The van der Waals surface area contributed by atoms with Crippen LogP contribution in [-0.2, 0) is 0 Å². The number of nitrogens with one attached hydrogen (secondary N) is 2. The highest BCUT2D eigenvalue weighted by Crippen LogP contribution is 2.45. The summed E-state index contributed by atoms with van der Waals surface area (Å²) < 4.78 is 0. The van der Waals surface area contributed by atoms with E-state index in [1.165, 1.54) is 25.7 Å². The van der Waals surface area contributed by atoms with Crippen molar-refractivity contribution in [2.45, 2.75) is 39.5 Å². The average Bonchev–Trinajstić information content (AvgIpc) is 2.14. The van der Waals surface area contributed by atoms with Crippen molar-refractivity contribution in [1.29, 1.82) is 0 Å². The first-order valence-electron chi connectivity index (χ1n) is 6.00. The predicted octanol–water partition coefficient (Wildman–Crippen LogP) is 2.00. The molecule has 0 aromatic heterocycles. The highest BCUT2D eigenvalue weighted by Gasteiger charge is 2.37. The summed E-state index contributed by atoms with van der Waals surface area (Å²) in [4.78, 5) is 4.14. The summed E-state index contributed by atoms with van der Waals surface area (Å²) >= 11 is 0. The molecule has 0 bridgehead atoms. The lowest BCUT2D eigenvalue weighted by Gasteiger charge is -2.43. The van der Waals surface area contributed by atoms with Crippen LogP contribution in [0.1, 0.15) is 39.5 Å². The molecule has 88 valence electrons. The van der Waals surface area contributed by atoms with Gasteiger partial charge in [-0.25, -0.2) is 0 Å². The minimum absolute atomic E-state index is 0.543. The molecule has 0 radical (unpaired) electrons. The zero-order valence-corrected chi connectivity index (χ0v) is 10.6. The third kappa shape index (κ3) is 3.40. The molecule has 0 atom stereocenters. The number of nitrogens with zero attached hydrogens (tertiary/aromatic N) is 1. The Kier molecular flexibility index (Phi) is 4.43. The van der Waals surface area contributed by atoms with Crippen molar-refractivity contribution < 1.29 is 0 Å². The van der Waals surface area contributed by atoms with Gasteiger partial charge in [0.2, 0.25) is 0 Å². The van der Waals surface area contributed by atoms with Crippen molar-refractivity contribution in [2.24, 2.45) is 16.3 Å². The Labute approximate surface area is 93.7 Å². The number of rotatable bonds is 4. The van der Waals surface area contributed by atoms with E-state index >= 15 is 0 Å². The summed E-state index contributed by atoms with van der Waals surface area (Å²) in [6.07, 6.45) is 5.48. The molecule has 0 aromatic rings. The molecule has 0 aromatic carbocycles. The summed E-state index contributed by atoms with van der Waals surface area (Å²) in [6, 6.07) is 0. The van der Waals surface area contributed by atoms with Gasteiger partial charge in [-0.15, -0.1) is 0 Å². The molecular weight excluding hydrogens is 186 g/mol. The van der Waals surface area contributed by atoms with E-state index in [-0.39, 0.29) is 0 Å². The topological polar surface area (TPSA) is 36.4 Å². The molecule has 1 aliphatic rings. The molecule has 1 fully saturated rings. The van der Waals surface area contributed by atoms with E-state index in [0.717, 1.165) is 18.4 Å². The van der Waals surface area contributed by atoms with E-state index in [1.807, 2.05) is 14.1 Å². The summed E-state index contributed by atoms with van der Waals surface area (Å²) in [7, 11) is 3.72. The van der Waals surface area contributed by atoms with E-state index in [9.17, 15) is 0 Å². The van der Waals surface area contributed by atoms with Crippen molar-refractivity contribution in [1.82, 2.24) is 10.6 Å². The van der Waals surface area contributed by atoms with Crippen LogP contribution in [0.3, 0.4) is 0 Å². The first kappa shape index (κ1) is 12.3. The van der Waals surface area contributed by atoms with E-state index in [4.69, 9.17) is 0 Å². The molecule has 1 aliphatic carbocycles. The quantitative estimate of drug-likeness (QED) is 0.551. The van der Waals surface area contributed by atoms with Gasteiger partial charge in [-0.05, 0) is 30.6 Å². The van der Waals surface area contributed by atoms with Crippen LogP contribution in [0.15, 0.2) is 4.99 Å². The Bertz CT molecular complexity index is 217. The fraction of sp³-hybridized carbons (Fsp3) is 0.917. The zero-order chi connectivity index (χ0) is 11.3. The van der Waals surface area contributed by atoms with E-state index in [2.05, 4.69) is 29.5 Å². The average molecular weight is 211 g/mol.